The van der Waals surface area contributed by atoms with Gasteiger partial charge in [-0.1, -0.05) is 32.0 Å². The molecule has 1 aromatic carbocycles. The van der Waals surface area contributed by atoms with Crippen LogP contribution in [0.25, 0.3) is 0 Å². The maximum absolute atomic E-state index is 13.8. The molecule has 4 rings (SSSR count). The Morgan fingerprint density at radius 2 is 1.76 bits per heavy atom. The molecular formula is C26H43ClN4O5S2. The zero-order chi connectivity index (χ0) is 27.2. The Hall–Kier alpha value is -1.40. The van der Waals surface area contributed by atoms with Gasteiger partial charge in [-0.25, -0.2) is 16.8 Å². The lowest BCUT2D eigenvalue weighted by molar-refractivity contribution is -0.124. The number of nitrogens with zero attached hydrogens (tertiary/aromatic N) is 2. The summed E-state index contributed by atoms with van der Waals surface area (Å²) in [4.78, 5) is 15.2. The molecule has 3 fully saturated rings. The summed E-state index contributed by atoms with van der Waals surface area (Å²) >= 11 is 0. The molecule has 3 aliphatic rings. The number of carbonyl (C=O) groups excluding carboxylic acids is 1. The quantitative estimate of drug-likeness (QED) is 0.449. The minimum Gasteiger partial charge on any atom is -0.369 e. The molecule has 38 heavy (non-hydrogen) atoms. The summed E-state index contributed by atoms with van der Waals surface area (Å²) < 4.78 is 52.2. The third-order valence-corrected chi connectivity index (χ3v) is 12.4. The van der Waals surface area contributed by atoms with E-state index in [4.69, 9.17) is 5.73 Å². The lowest BCUT2D eigenvalue weighted by atomic mass is 9.69. The van der Waals surface area contributed by atoms with Crippen LogP contribution in [0.3, 0.4) is 0 Å². The average molecular weight is 591 g/mol. The fourth-order valence-corrected chi connectivity index (χ4v) is 9.87. The highest BCUT2D eigenvalue weighted by atomic mass is 35.5. The van der Waals surface area contributed by atoms with E-state index in [0.717, 1.165) is 24.8 Å². The first-order chi connectivity index (χ1) is 17.2. The molecule has 3 N–H and O–H groups in total. The Labute approximate surface area is 234 Å². The number of nitrogens with one attached hydrogen (secondary N) is 1. The average Bonchev–Trinajstić information content (AvgIpc) is 3.17. The van der Waals surface area contributed by atoms with E-state index in [0.29, 0.717) is 38.5 Å². The Morgan fingerprint density at radius 1 is 1.13 bits per heavy atom. The molecule has 1 aliphatic heterocycles. The predicted octanol–water partition coefficient (Wildman–Crippen LogP) is 1.94. The van der Waals surface area contributed by atoms with Gasteiger partial charge in [-0.3, -0.25) is 4.79 Å². The number of nitrogens with two attached hydrogens (primary N) is 1. The first-order valence-electron chi connectivity index (χ1n) is 13.2. The highest BCUT2D eigenvalue weighted by Crippen LogP contribution is 2.66. The number of anilines is 1. The number of halogens is 1. The van der Waals surface area contributed by atoms with Crippen LogP contribution in [0.2, 0.25) is 0 Å². The molecule has 1 aromatic rings. The van der Waals surface area contributed by atoms with Crippen molar-refractivity contribution >= 4 is 43.9 Å². The van der Waals surface area contributed by atoms with Gasteiger partial charge < -0.3 is 16.0 Å². The van der Waals surface area contributed by atoms with E-state index in [1.807, 2.05) is 12.1 Å². The second-order valence-electron chi connectivity index (χ2n) is 11.9. The molecule has 2 bridgehead atoms. The normalized spacial score (nSPS) is 28.1. The molecule has 1 heterocycles. The van der Waals surface area contributed by atoms with Crippen LogP contribution >= 0.6 is 12.4 Å². The number of para-hydroxylation sites is 1. The highest BCUT2D eigenvalue weighted by molar-refractivity contribution is 7.90. The smallest absolute Gasteiger partial charge is 0.237 e. The van der Waals surface area contributed by atoms with Crippen molar-refractivity contribution < 1.29 is 21.6 Å². The zero-order valence-electron chi connectivity index (χ0n) is 22.9. The molecule has 0 aromatic heterocycles. The van der Waals surface area contributed by atoms with Crippen LogP contribution < -0.4 is 16.0 Å². The molecule has 1 saturated heterocycles. The molecule has 9 nitrogen and oxygen atoms in total. The topological polar surface area (TPSA) is 130 Å². The van der Waals surface area contributed by atoms with Crippen LogP contribution in [-0.2, 0) is 24.7 Å². The maximum atomic E-state index is 13.8. The number of hydrogen-bond donors (Lipinski definition) is 2. The molecule has 2 aliphatic carbocycles. The lowest BCUT2D eigenvalue weighted by Gasteiger charge is -2.44. The van der Waals surface area contributed by atoms with E-state index in [1.165, 1.54) is 5.56 Å². The van der Waals surface area contributed by atoms with Crippen LogP contribution in [0.1, 0.15) is 45.1 Å². The van der Waals surface area contributed by atoms with Crippen molar-refractivity contribution in [2.24, 2.45) is 22.5 Å². The second kappa shape index (κ2) is 11.2. The van der Waals surface area contributed by atoms with Crippen LogP contribution in [0.15, 0.2) is 24.3 Å². The van der Waals surface area contributed by atoms with Crippen molar-refractivity contribution in [1.29, 1.82) is 0 Å². The fraction of sp³-hybridized carbons (Fsp3) is 0.731. The number of sulfone groups is 1. The third kappa shape index (κ3) is 6.01. The molecule has 1 amide bonds. The van der Waals surface area contributed by atoms with Gasteiger partial charge in [-0.05, 0) is 55.6 Å². The van der Waals surface area contributed by atoms with Crippen molar-refractivity contribution in [3.05, 3.63) is 29.8 Å². The minimum atomic E-state index is -3.57. The Morgan fingerprint density at radius 3 is 2.34 bits per heavy atom. The summed E-state index contributed by atoms with van der Waals surface area (Å²) in [7, 11) is -6.80. The van der Waals surface area contributed by atoms with Crippen molar-refractivity contribution in [2.75, 3.05) is 48.8 Å². The summed E-state index contributed by atoms with van der Waals surface area (Å²) in [5.74, 6) is -0.245. The molecule has 2 unspecified atom stereocenters. The number of aryl methyl sites for hydroxylation is 1. The standard InChI is InChI=1S/C26H42N4O5S2.ClH/c1-19-7-5-6-8-22(19)29-12-14-30(15-13-29)37(34,35)18-26-11-9-20(25(26,2)3)17-23(26)28-24(31)21(27)10-16-36(4,32)33;/h5-8,20-21,23H,9-18,27H2,1-4H3,(H,28,31);1H/t20?,21-,23?,26+;/m0./s1. The van der Waals surface area contributed by atoms with E-state index >= 15 is 0 Å². The molecular weight excluding hydrogens is 548 g/mol. The summed E-state index contributed by atoms with van der Waals surface area (Å²) in [6.07, 6.45) is 3.55. The van der Waals surface area contributed by atoms with E-state index in [1.54, 1.807) is 4.31 Å². The number of benzene rings is 1. The van der Waals surface area contributed by atoms with E-state index < -0.39 is 37.2 Å². The molecule has 2 saturated carbocycles. The lowest BCUT2D eigenvalue weighted by Crippen LogP contribution is -2.57. The van der Waals surface area contributed by atoms with Gasteiger partial charge in [0, 0.05) is 49.6 Å². The molecule has 216 valence electrons. The van der Waals surface area contributed by atoms with Crippen molar-refractivity contribution in [1.82, 2.24) is 9.62 Å². The number of fused-ring (bicyclic) bond motifs is 2. The first-order valence-corrected chi connectivity index (χ1v) is 16.9. The van der Waals surface area contributed by atoms with Crippen molar-refractivity contribution in [3.63, 3.8) is 0 Å². The van der Waals surface area contributed by atoms with Crippen molar-refractivity contribution in [2.45, 2.75) is 58.5 Å². The summed E-state index contributed by atoms with van der Waals surface area (Å²) in [6.45, 7) is 8.47. The Balaban J connectivity index is 0.00000400. The van der Waals surface area contributed by atoms with Gasteiger partial charge in [0.1, 0.15) is 9.84 Å². The van der Waals surface area contributed by atoms with E-state index in [9.17, 15) is 21.6 Å². The minimum absolute atomic E-state index is 0. The van der Waals surface area contributed by atoms with Crippen molar-refractivity contribution in [3.8, 4) is 0 Å². The molecule has 0 spiro atoms. The van der Waals surface area contributed by atoms with Crippen LogP contribution in [0, 0.1) is 23.7 Å². The number of hydrogen-bond acceptors (Lipinski definition) is 7. The molecule has 4 atom stereocenters. The van der Waals surface area contributed by atoms with Gasteiger partial charge >= 0.3 is 0 Å². The molecule has 0 radical (unpaired) electrons. The first kappa shape index (κ1) is 31.1. The largest absolute Gasteiger partial charge is 0.369 e. The number of piperazine rings is 1. The van der Waals surface area contributed by atoms with Gasteiger partial charge in [0.2, 0.25) is 15.9 Å². The highest BCUT2D eigenvalue weighted by Gasteiger charge is 2.66. The van der Waals surface area contributed by atoms with E-state index in [2.05, 4.69) is 43.1 Å². The Kier molecular flexibility index (Phi) is 9.20. The van der Waals surface area contributed by atoms with Crippen LogP contribution in [-0.4, -0.2) is 83.1 Å². The SMILES string of the molecule is Cc1ccccc1N1CCN(S(=O)(=O)C[C@]23CCC(CC2NC(=O)[C@@H](N)CCS(C)(=O)=O)C3(C)C)CC1.Cl. The number of amides is 1. The second-order valence-corrected chi connectivity index (χ2v) is 16.1. The number of carbonyl (C=O) groups is 1. The Bertz CT molecular complexity index is 1230. The fourth-order valence-electron chi connectivity index (χ4n) is 6.92. The summed E-state index contributed by atoms with van der Waals surface area (Å²) in [5, 5.41) is 3.05. The van der Waals surface area contributed by atoms with Gasteiger partial charge in [0.05, 0.1) is 17.5 Å². The zero-order valence-corrected chi connectivity index (χ0v) is 25.3. The monoisotopic (exact) mass is 590 g/mol. The van der Waals surface area contributed by atoms with Gasteiger partial charge in [-0.15, -0.1) is 12.4 Å². The summed E-state index contributed by atoms with van der Waals surface area (Å²) in [5.41, 5.74) is 7.50. The van der Waals surface area contributed by atoms with Crippen LogP contribution in [0.4, 0.5) is 5.69 Å². The van der Waals surface area contributed by atoms with Gasteiger partial charge in [0.15, 0.2) is 0 Å². The molecule has 12 heteroatoms. The predicted molar refractivity (Wildman–Crippen MR) is 154 cm³/mol. The summed E-state index contributed by atoms with van der Waals surface area (Å²) in [6, 6.07) is 6.90. The number of rotatable bonds is 9. The van der Waals surface area contributed by atoms with Gasteiger partial charge in [0.25, 0.3) is 0 Å². The van der Waals surface area contributed by atoms with Gasteiger partial charge in [-0.2, -0.15) is 4.31 Å². The van der Waals surface area contributed by atoms with E-state index in [-0.39, 0.29) is 41.8 Å². The maximum Gasteiger partial charge on any atom is 0.237 e. The number of sulfonamides is 1. The third-order valence-electron chi connectivity index (χ3n) is 9.41. The van der Waals surface area contributed by atoms with Crippen LogP contribution in [0.5, 0.6) is 0 Å².